The highest BCUT2D eigenvalue weighted by Crippen LogP contribution is 2.32. The second kappa shape index (κ2) is 2.07. The lowest BCUT2D eigenvalue weighted by molar-refractivity contribution is -0.169. The zero-order valence-corrected chi connectivity index (χ0v) is 5.92. The van der Waals surface area contributed by atoms with Crippen LogP contribution in [0.2, 0.25) is 0 Å². The molecular weight excluding hydrogens is 128 g/mol. The van der Waals surface area contributed by atoms with Crippen LogP contribution in [-0.2, 0) is 4.74 Å². The Morgan fingerprint density at radius 2 is 2.40 bits per heavy atom. The van der Waals surface area contributed by atoms with Crippen LogP contribution in [0, 0.1) is 0 Å². The Kier molecular flexibility index (Phi) is 1.32. The van der Waals surface area contributed by atoms with Crippen molar-refractivity contribution < 1.29 is 9.84 Å². The molecule has 1 saturated heterocycles. The lowest BCUT2D eigenvalue weighted by Crippen LogP contribution is -2.26. The summed E-state index contributed by atoms with van der Waals surface area (Å²) in [5, 5.41) is 9.59. The molecule has 2 rings (SSSR count). The van der Waals surface area contributed by atoms with Crippen LogP contribution in [0.1, 0.15) is 25.7 Å². The zero-order valence-electron chi connectivity index (χ0n) is 5.92. The predicted molar refractivity (Wildman–Crippen MR) is 37.4 cm³/mol. The van der Waals surface area contributed by atoms with Crippen molar-refractivity contribution in [3.05, 3.63) is 12.2 Å². The van der Waals surface area contributed by atoms with Gasteiger partial charge in [-0.3, -0.25) is 0 Å². The zero-order chi connectivity index (χ0) is 7.03. The molecule has 0 aromatic rings. The Morgan fingerprint density at radius 1 is 1.50 bits per heavy atom. The van der Waals surface area contributed by atoms with Gasteiger partial charge in [0.05, 0.1) is 6.10 Å². The molecule has 0 unspecified atom stereocenters. The monoisotopic (exact) mass is 140 g/mol. The summed E-state index contributed by atoms with van der Waals surface area (Å²) in [7, 11) is 0. The largest absolute Gasteiger partial charge is 0.362 e. The molecule has 2 nitrogen and oxygen atoms in total. The van der Waals surface area contributed by atoms with Crippen molar-refractivity contribution >= 4 is 0 Å². The van der Waals surface area contributed by atoms with E-state index in [1.807, 2.05) is 6.08 Å². The third-order valence-electron chi connectivity index (χ3n) is 2.20. The van der Waals surface area contributed by atoms with Crippen LogP contribution >= 0.6 is 0 Å². The number of rotatable bonds is 0. The highest BCUT2D eigenvalue weighted by atomic mass is 16.6. The van der Waals surface area contributed by atoms with E-state index >= 15 is 0 Å². The molecule has 1 N–H and O–H groups in total. The second-order valence-corrected chi connectivity index (χ2v) is 3.11. The van der Waals surface area contributed by atoms with Gasteiger partial charge in [0.25, 0.3) is 0 Å². The van der Waals surface area contributed by atoms with Gasteiger partial charge in [0.15, 0.2) is 5.79 Å². The van der Waals surface area contributed by atoms with Crippen molar-refractivity contribution in [2.45, 2.75) is 37.6 Å². The molecule has 10 heavy (non-hydrogen) atoms. The van der Waals surface area contributed by atoms with E-state index < -0.39 is 5.79 Å². The normalized spacial score (nSPS) is 45.5. The van der Waals surface area contributed by atoms with Crippen molar-refractivity contribution in [2.75, 3.05) is 0 Å². The van der Waals surface area contributed by atoms with Crippen molar-refractivity contribution in [2.24, 2.45) is 0 Å². The summed E-state index contributed by atoms with van der Waals surface area (Å²) in [5.74, 6) is -0.902. The molecular formula is C8H12O2. The van der Waals surface area contributed by atoms with Crippen molar-refractivity contribution in [3.8, 4) is 0 Å². The van der Waals surface area contributed by atoms with Crippen LogP contribution in [0.25, 0.3) is 0 Å². The molecule has 56 valence electrons. The first kappa shape index (κ1) is 6.38. The molecule has 0 aromatic heterocycles. The molecule has 2 atom stereocenters. The van der Waals surface area contributed by atoms with E-state index in [0.717, 1.165) is 19.3 Å². The van der Waals surface area contributed by atoms with Crippen LogP contribution in [-0.4, -0.2) is 17.0 Å². The maximum atomic E-state index is 9.59. The average molecular weight is 140 g/mol. The lowest BCUT2D eigenvalue weighted by Gasteiger charge is -2.19. The van der Waals surface area contributed by atoms with Gasteiger partial charge in [0.2, 0.25) is 0 Å². The Hall–Kier alpha value is -0.340. The molecule has 0 spiro atoms. The fourth-order valence-corrected chi connectivity index (χ4v) is 1.62. The number of hydrogen-bond acceptors (Lipinski definition) is 2. The topological polar surface area (TPSA) is 29.5 Å². The first-order valence-corrected chi connectivity index (χ1v) is 3.88. The Labute approximate surface area is 60.5 Å². The highest BCUT2D eigenvalue weighted by Gasteiger charge is 2.34. The molecule has 0 aromatic carbocycles. The van der Waals surface area contributed by atoms with E-state index in [1.165, 1.54) is 6.42 Å². The van der Waals surface area contributed by atoms with E-state index in [0.29, 0.717) is 0 Å². The molecule has 2 aliphatic rings. The van der Waals surface area contributed by atoms with Gasteiger partial charge in [0.1, 0.15) is 0 Å². The molecule has 0 amide bonds. The molecule has 2 heterocycles. The van der Waals surface area contributed by atoms with E-state index in [-0.39, 0.29) is 6.10 Å². The van der Waals surface area contributed by atoms with Gasteiger partial charge in [-0.2, -0.15) is 0 Å². The van der Waals surface area contributed by atoms with Gasteiger partial charge in [-0.1, -0.05) is 12.5 Å². The van der Waals surface area contributed by atoms with Crippen molar-refractivity contribution in [3.63, 3.8) is 0 Å². The average Bonchev–Trinajstić information content (AvgIpc) is 2.11. The standard InChI is InChI=1S/C8H12O2/c9-8-5-2-1-3-7(10-8)4-6-8/h4,6-7,9H,1-3,5H2/t7-,8+/m0/s1. The molecule has 2 aliphatic heterocycles. The van der Waals surface area contributed by atoms with Gasteiger partial charge >= 0.3 is 0 Å². The fourth-order valence-electron chi connectivity index (χ4n) is 1.62. The minimum absolute atomic E-state index is 0.187. The van der Waals surface area contributed by atoms with E-state index in [4.69, 9.17) is 4.74 Å². The Morgan fingerprint density at radius 3 is 3.30 bits per heavy atom. The van der Waals surface area contributed by atoms with Crippen LogP contribution < -0.4 is 0 Å². The van der Waals surface area contributed by atoms with E-state index in [9.17, 15) is 5.11 Å². The Balaban J connectivity index is 2.17. The molecule has 2 heteroatoms. The minimum Gasteiger partial charge on any atom is -0.362 e. The quantitative estimate of drug-likeness (QED) is 0.512. The lowest BCUT2D eigenvalue weighted by atomic mass is 10.0. The van der Waals surface area contributed by atoms with Gasteiger partial charge in [0, 0.05) is 6.42 Å². The van der Waals surface area contributed by atoms with Gasteiger partial charge < -0.3 is 9.84 Å². The van der Waals surface area contributed by atoms with Crippen molar-refractivity contribution in [1.29, 1.82) is 0 Å². The minimum atomic E-state index is -0.902. The van der Waals surface area contributed by atoms with Crippen LogP contribution in [0.15, 0.2) is 12.2 Å². The van der Waals surface area contributed by atoms with Gasteiger partial charge in [-0.15, -0.1) is 0 Å². The fraction of sp³-hybridized carbons (Fsp3) is 0.750. The van der Waals surface area contributed by atoms with Gasteiger partial charge in [-0.05, 0) is 18.9 Å². The van der Waals surface area contributed by atoms with E-state index in [2.05, 4.69) is 0 Å². The van der Waals surface area contributed by atoms with Crippen LogP contribution in [0.5, 0.6) is 0 Å². The van der Waals surface area contributed by atoms with Crippen LogP contribution in [0.4, 0.5) is 0 Å². The molecule has 0 radical (unpaired) electrons. The smallest absolute Gasteiger partial charge is 0.185 e. The first-order valence-electron chi connectivity index (χ1n) is 3.88. The maximum Gasteiger partial charge on any atom is 0.185 e. The van der Waals surface area contributed by atoms with E-state index in [1.54, 1.807) is 6.08 Å². The molecule has 0 saturated carbocycles. The Bertz CT molecular complexity index is 165. The molecule has 2 bridgehead atoms. The summed E-state index contributed by atoms with van der Waals surface area (Å²) in [5.41, 5.74) is 0. The molecule has 0 aliphatic carbocycles. The predicted octanol–water partition coefficient (Wildman–Crippen LogP) is 1.20. The third-order valence-corrected chi connectivity index (χ3v) is 2.20. The number of hydrogen-bond donors (Lipinski definition) is 1. The summed E-state index contributed by atoms with van der Waals surface area (Å²) in [6.07, 6.45) is 8.04. The number of aliphatic hydroxyl groups is 1. The molecule has 1 fully saturated rings. The van der Waals surface area contributed by atoms with Crippen LogP contribution in [0.3, 0.4) is 0 Å². The summed E-state index contributed by atoms with van der Waals surface area (Å²) >= 11 is 0. The summed E-state index contributed by atoms with van der Waals surface area (Å²) < 4.78 is 5.35. The summed E-state index contributed by atoms with van der Waals surface area (Å²) in [6, 6.07) is 0. The van der Waals surface area contributed by atoms with Gasteiger partial charge in [-0.25, -0.2) is 0 Å². The second-order valence-electron chi connectivity index (χ2n) is 3.11. The third kappa shape index (κ3) is 0.976. The van der Waals surface area contributed by atoms with Crippen molar-refractivity contribution in [1.82, 2.24) is 0 Å². The SMILES string of the molecule is O[C@]12C=C[C@H](CCCC1)O2. The maximum absolute atomic E-state index is 9.59. The summed E-state index contributed by atoms with van der Waals surface area (Å²) in [6.45, 7) is 0. The first-order chi connectivity index (χ1) is 4.79. The number of fused-ring (bicyclic) bond motifs is 2. The number of ether oxygens (including phenoxy) is 1. The summed E-state index contributed by atoms with van der Waals surface area (Å²) in [4.78, 5) is 0. The highest BCUT2D eigenvalue weighted by molar-refractivity contribution is 5.07.